The van der Waals surface area contributed by atoms with Crippen LogP contribution in [0, 0.1) is 5.92 Å². The highest BCUT2D eigenvalue weighted by Crippen LogP contribution is 2.46. The standard InChI is InChI=1S/C42H45ClF2N12O5/c1-52-29-10-8-24(20-27(29)33-35(39(52)60)62-22-42(44,45)36(49-33)23-6-7-23)47-37-28(43)21-46-40(50-37)55-14-18-57(19-15-55)41(61)56-16-12-54(13-17-56)30-5-3-4-25-32(51-53(2)34(25)30)26-9-11-31(58)48-38(26)59/h3-5,8,10,20-21,23,26,36,49H,6-7,9,11-19,22H2,1-2H3,(H,46,47,50)(H,48,58,59). The number of hydrogen-bond acceptors (Lipinski definition) is 12. The summed E-state index contributed by atoms with van der Waals surface area (Å²) in [5, 5.41) is 15.1. The molecular formula is C42H45ClF2N12O5. The molecule has 7 heterocycles. The Hall–Kier alpha value is -6.24. The van der Waals surface area contributed by atoms with Crippen molar-refractivity contribution in [3.8, 4) is 5.75 Å². The molecule has 5 aromatic rings. The van der Waals surface area contributed by atoms with Crippen molar-refractivity contribution in [3.63, 3.8) is 0 Å². The molecule has 0 bridgehead atoms. The van der Waals surface area contributed by atoms with E-state index in [2.05, 4.69) is 25.8 Å². The van der Waals surface area contributed by atoms with E-state index >= 15 is 8.78 Å². The molecule has 3 N–H and O–H groups in total. The summed E-state index contributed by atoms with van der Waals surface area (Å²) in [4.78, 5) is 68.7. The fourth-order valence-electron chi connectivity index (χ4n) is 9.27. The van der Waals surface area contributed by atoms with Crippen LogP contribution in [-0.2, 0) is 23.7 Å². The van der Waals surface area contributed by atoms with Gasteiger partial charge in [0, 0.05) is 89.3 Å². The van der Waals surface area contributed by atoms with E-state index in [4.69, 9.17) is 26.4 Å². The van der Waals surface area contributed by atoms with E-state index < -0.39 is 30.0 Å². The maximum Gasteiger partial charge on any atom is 0.320 e. The Balaban J connectivity index is 0.791. The molecule has 324 valence electrons. The average Bonchev–Trinajstić information content (AvgIpc) is 4.07. The number of fused-ring (bicyclic) bond motifs is 4. The van der Waals surface area contributed by atoms with Crippen LogP contribution in [0.3, 0.4) is 0 Å². The van der Waals surface area contributed by atoms with Crippen LogP contribution in [0.25, 0.3) is 21.8 Å². The molecule has 17 nitrogen and oxygen atoms in total. The van der Waals surface area contributed by atoms with E-state index in [1.807, 2.05) is 39.9 Å². The fourth-order valence-corrected chi connectivity index (χ4v) is 9.41. The zero-order chi connectivity index (χ0) is 43.0. The van der Waals surface area contributed by atoms with Crippen LogP contribution >= 0.6 is 11.6 Å². The predicted molar refractivity (Wildman–Crippen MR) is 229 cm³/mol. The molecule has 3 aromatic heterocycles. The second kappa shape index (κ2) is 15.3. The van der Waals surface area contributed by atoms with E-state index in [9.17, 15) is 19.2 Å². The summed E-state index contributed by atoms with van der Waals surface area (Å²) in [5.41, 5.74) is 3.42. The maximum absolute atomic E-state index is 15.2. The number of amides is 4. The van der Waals surface area contributed by atoms with Gasteiger partial charge in [-0.25, -0.2) is 18.6 Å². The Labute approximate surface area is 358 Å². The highest BCUT2D eigenvalue weighted by atomic mass is 35.5. The van der Waals surface area contributed by atoms with Gasteiger partial charge in [0.2, 0.25) is 23.5 Å². The molecule has 62 heavy (non-hydrogen) atoms. The summed E-state index contributed by atoms with van der Waals surface area (Å²) in [6.45, 7) is 3.37. The molecule has 2 unspecified atom stereocenters. The molecule has 0 spiro atoms. The Kier molecular flexibility index (Phi) is 9.83. The molecule has 2 aromatic carbocycles. The van der Waals surface area contributed by atoms with E-state index in [0.29, 0.717) is 106 Å². The minimum absolute atomic E-state index is 0.0266. The number of halogens is 3. The second-order valence-corrected chi connectivity index (χ2v) is 17.1. The summed E-state index contributed by atoms with van der Waals surface area (Å²) in [7, 11) is 3.45. The number of piperazine rings is 2. The SMILES string of the molecule is Cn1nc(C2CCC(=O)NC2=O)c2cccc(N3CCN(C(=O)N4CCN(c5ncc(Cl)c(Nc6ccc7c(c6)c6c(c(=O)n7C)OCC(F)(F)C(C7CC7)N6)n5)CC4)CC3)c21. The lowest BCUT2D eigenvalue weighted by Crippen LogP contribution is -2.57. The minimum Gasteiger partial charge on any atom is -0.480 e. The lowest BCUT2D eigenvalue weighted by molar-refractivity contribution is -0.134. The summed E-state index contributed by atoms with van der Waals surface area (Å²) in [6, 6.07) is 10.0. The molecule has 4 amide bonds. The lowest BCUT2D eigenvalue weighted by Gasteiger charge is -2.41. The van der Waals surface area contributed by atoms with E-state index in [1.165, 1.54) is 10.8 Å². The molecule has 1 aliphatic carbocycles. The lowest BCUT2D eigenvalue weighted by atomic mass is 9.92. The number of anilines is 5. The van der Waals surface area contributed by atoms with Gasteiger partial charge in [-0.2, -0.15) is 10.1 Å². The predicted octanol–water partition coefficient (Wildman–Crippen LogP) is 4.41. The van der Waals surface area contributed by atoms with E-state index in [1.54, 1.807) is 29.9 Å². The van der Waals surface area contributed by atoms with Crippen molar-refractivity contribution < 1.29 is 27.9 Å². The van der Waals surface area contributed by atoms with Crippen molar-refractivity contribution in [1.29, 1.82) is 0 Å². The first-order chi connectivity index (χ1) is 29.8. The molecule has 4 aliphatic heterocycles. The smallest absolute Gasteiger partial charge is 0.320 e. The fraction of sp³-hybridized carbons (Fsp3) is 0.452. The zero-order valence-electron chi connectivity index (χ0n) is 34.2. The normalized spacial score (nSPS) is 21.6. The number of nitrogens with one attached hydrogen (secondary N) is 3. The number of aryl methyl sites for hydroxylation is 2. The van der Waals surface area contributed by atoms with Crippen molar-refractivity contribution in [2.75, 3.05) is 79.4 Å². The number of ether oxygens (including phenoxy) is 1. The first kappa shape index (κ1) is 39.9. The van der Waals surface area contributed by atoms with Crippen molar-refractivity contribution in [2.24, 2.45) is 20.0 Å². The first-order valence-corrected chi connectivity index (χ1v) is 21.3. The summed E-state index contributed by atoms with van der Waals surface area (Å²) in [6.07, 6.45) is 3.58. The molecule has 3 saturated heterocycles. The number of para-hydroxylation sites is 1. The van der Waals surface area contributed by atoms with Crippen LogP contribution in [-0.4, -0.2) is 123 Å². The van der Waals surface area contributed by atoms with Gasteiger partial charge in [-0.15, -0.1) is 0 Å². The number of nitrogens with zero attached hydrogens (tertiary/aromatic N) is 9. The Bertz CT molecular complexity index is 2710. The van der Waals surface area contributed by atoms with Crippen LogP contribution < -0.4 is 36.0 Å². The van der Waals surface area contributed by atoms with Crippen molar-refractivity contribution in [3.05, 3.63) is 63.7 Å². The minimum atomic E-state index is -3.15. The number of hydrogen-bond donors (Lipinski definition) is 3. The number of carbonyl (C=O) groups excluding carboxylic acids is 3. The van der Waals surface area contributed by atoms with Crippen LogP contribution in [0.1, 0.15) is 37.3 Å². The van der Waals surface area contributed by atoms with Gasteiger partial charge >= 0.3 is 12.0 Å². The molecule has 5 aliphatic rings. The number of piperidine rings is 1. The number of urea groups is 1. The summed E-state index contributed by atoms with van der Waals surface area (Å²) < 4.78 is 39.0. The number of carbonyl (C=O) groups is 3. The molecular weight excluding hydrogens is 826 g/mol. The zero-order valence-corrected chi connectivity index (χ0v) is 34.9. The van der Waals surface area contributed by atoms with Crippen molar-refractivity contribution in [2.45, 2.75) is 43.6 Å². The van der Waals surface area contributed by atoms with Gasteiger partial charge in [0.05, 0.1) is 46.3 Å². The van der Waals surface area contributed by atoms with Gasteiger partial charge in [-0.05, 0) is 49.4 Å². The third-order valence-electron chi connectivity index (χ3n) is 12.8. The van der Waals surface area contributed by atoms with Crippen LogP contribution in [0.2, 0.25) is 5.02 Å². The second-order valence-electron chi connectivity index (χ2n) is 16.7. The quantitative estimate of drug-likeness (QED) is 0.206. The topological polar surface area (TPSA) is 175 Å². The van der Waals surface area contributed by atoms with E-state index in [-0.39, 0.29) is 46.6 Å². The molecule has 20 heteroatoms. The molecule has 4 fully saturated rings. The molecule has 0 radical (unpaired) electrons. The van der Waals surface area contributed by atoms with Crippen LogP contribution in [0.5, 0.6) is 5.75 Å². The van der Waals surface area contributed by atoms with E-state index in [0.717, 1.165) is 16.6 Å². The molecule has 2 atom stereocenters. The highest BCUT2D eigenvalue weighted by molar-refractivity contribution is 6.33. The third kappa shape index (κ3) is 7.04. The molecule has 10 rings (SSSR count). The number of pyridine rings is 1. The van der Waals surface area contributed by atoms with Gasteiger partial charge in [-0.3, -0.25) is 24.4 Å². The van der Waals surface area contributed by atoms with Gasteiger partial charge < -0.3 is 39.5 Å². The summed E-state index contributed by atoms with van der Waals surface area (Å²) >= 11 is 6.60. The maximum atomic E-state index is 15.2. The largest absolute Gasteiger partial charge is 0.480 e. The Morgan fingerprint density at radius 1 is 0.935 bits per heavy atom. The van der Waals surface area contributed by atoms with Gasteiger partial charge in [0.25, 0.3) is 5.56 Å². The number of alkyl halides is 2. The molecule has 1 saturated carbocycles. The van der Waals surface area contributed by atoms with Crippen LogP contribution in [0.4, 0.5) is 42.4 Å². The number of rotatable bonds is 6. The number of aromatic nitrogens is 5. The van der Waals surface area contributed by atoms with Crippen molar-refractivity contribution in [1.82, 2.24) is 39.4 Å². The number of imide groups is 1. The van der Waals surface area contributed by atoms with Crippen LogP contribution in [0.15, 0.2) is 47.4 Å². The average molecular weight is 871 g/mol. The van der Waals surface area contributed by atoms with Crippen molar-refractivity contribution >= 4 is 80.1 Å². The monoisotopic (exact) mass is 870 g/mol. The van der Waals surface area contributed by atoms with Gasteiger partial charge in [0.15, 0.2) is 12.4 Å². The number of benzene rings is 2. The third-order valence-corrected chi connectivity index (χ3v) is 13.0. The summed E-state index contributed by atoms with van der Waals surface area (Å²) in [5.74, 6) is -3.80. The Morgan fingerprint density at radius 3 is 2.37 bits per heavy atom. The highest BCUT2D eigenvalue weighted by Gasteiger charge is 2.51. The Morgan fingerprint density at radius 2 is 1.66 bits per heavy atom. The van der Waals surface area contributed by atoms with Gasteiger partial charge in [0.1, 0.15) is 5.02 Å². The first-order valence-electron chi connectivity index (χ1n) is 20.9. The van der Waals surface area contributed by atoms with Gasteiger partial charge in [-0.1, -0.05) is 23.7 Å².